The van der Waals surface area contributed by atoms with E-state index in [1.807, 2.05) is 24.3 Å². The van der Waals surface area contributed by atoms with Crippen LogP contribution in [0, 0.1) is 0 Å². The first-order chi connectivity index (χ1) is 9.27. The fraction of sp³-hybridized carbons (Fsp3) is 0.647. The number of rotatable bonds is 10. The van der Waals surface area contributed by atoms with Gasteiger partial charge in [-0.1, -0.05) is 69.7 Å². The van der Waals surface area contributed by atoms with Gasteiger partial charge in [0.25, 0.3) is 0 Å². The average Bonchev–Trinajstić information content (AvgIpc) is 2.43. The quantitative estimate of drug-likeness (QED) is 0.625. The largest absolute Gasteiger partial charge is 0.388 e. The van der Waals surface area contributed by atoms with E-state index in [1.54, 1.807) is 7.11 Å². The fourth-order valence-electron chi connectivity index (χ4n) is 2.34. The summed E-state index contributed by atoms with van der Waals surface area (Å²) in [6.45, 7) is 2.84. The molecule has 2 heteroatoms. The minimum atomic E-state index is -0.331. The molecule has 1 rings (SSSR count). The van der Waals surface area contributed by atoms with Gasteiger partial charge >= 0.3 is 0 Å². The Hall–Kier alpha value is -0.860. The molecule has 0 spiro atoms. The highest BCUT2D eigenvalue weighted by Crippen LogP contribution is 2.21. The molecule has 0 bridgehead atoms. The Morgan fingerprint density at radius 2 is 1.84 bits per heavy atom. The molecular formula is C17H28O2. The fourth-order valence-corrected chi connectivity index (χ4v) is 2.34. The highest BCUT2D eigenvalue weighted by molar-refractivity contribution is 5.24. The van der Waals surface area contributed by atoms with E-state index in [0.29, 0.717) is 6.61 Å². The molecule has 1 atom stereocenters. The first-order valence-electron chi connectivity index (χ1n) is 7.53. The summed E-state index contributed by atoms with van der Waals surface area (Å²) in [4.78, 5) is 0. The van der Waals surface area contributed by atoms with Crippen LogP contribution in [0.15, 0.2) is 24.3 Å². The van der Waals surface area contributed by atoms with Crippen LogP contribution in [-0.4, -0.2) is 12.2 Å². The van der Waals surface area contributed by atoms with Gasteiger partial charge in [-0.2, -0.15) is 0 Å². The molecule has 1 N–H and O–H groups in total. The second-order valence-electron chi connectivity index (χ2n) is 5.25. The van der Waals surface area contributed by atoms with Crippen molar-refractivity contribution < 1.29 is 9.84 Å². The molecule has 0 radical (unpaired) electrons. The first kappa shape index (κ1) is 16.2. The first-order valence-corrected chi connectivity index (χ1v) is 7.53. The van der Waals surface area contributed by atoms with Gasteiger partial charge in [-0.15, -0.1) is 0 Å². The molecule has 0 heterocycles. The van der Waals surface area contributed by atoms with Gasteiger partial charge in [-0.05, 0) is 17.5 Å². The van der Waals surface area contributed by atoms with Gasteiger partial charge in [0.2, 0.25) is 0 Å². The molecule has 0 saturated heterocycles. The molecule has 19 heavy (non-hydrogen) atoms. The molecule has 0 fully saturated rings. The molecular weight excluding hydrogens is 236 g/mol. The minimum absolute atomic E-state index is 0.331. The van der Waals surface area contributed by atoms with Gasteiger partial charge in [0.1, 0.15) is 0 Å². The number of methoxy groups -OCH3 is 1. The number of ether oxygens (including phenoxy) is 1. The summed E-state index contributed by atoms with van der Waals surface area (Å²) in [5, 5.41) is 10.2. The van der Waals surface area contributed by atoms with Gasteiger partial charge in [-0.3, -0.25) is 0 Å². The van der Waals surface area contributed by atoms with Crippen LogP contribution in [0.25, 0.3) is 0 Å². The summed E-state index contributed by atoms with van der Waals surface area (Å²) in [5.74, 6) is 0. The van der Waals surface area contributed by atoms with Crippen LogP contribution in [-0.2, 0) is 11.3 Å². The van der Waals surface area contributed by atoms with Crippen molar-refractivity contribution in [2.45, 2.75) is 64.6 Å². The second kappa shape index (κ2) is 9.99. The molecule has 1 aromatic carbocycles. The highest BCUT2D eigenvalue weighted by Gasteiger charge is 2.07. The van der Waals surface area contributed by atoms with E-state index in [0.717, 1.165) is 24.0 Å². The lowest BCUT2D eigenvalue weighted by Crippen LogP contribution is -1.99. The number of aliphatic hydroxyl groups is 1. The van der Waals surface area contributed by atoms with Gasteiger partial charge in [0.05, 0.1) is 12.7 Å². The van der Waals surface area contributed by atoms with E-state index in [1.165, 1.54) is 32.1 Å². The van der Waals surface area contributed by atoms with Crippen molar-refractivity contribution in [1.82, 2.24) is 0 Å². The lowest BCUT2D eigenvalue weighted by Gasteiger charge is -2.12. The molecule has 0 amide bonds. The predicted octanol–water partition coefficient (Wildman–Crippen LogP) is 4.62. The van der Waals surface area contributed by atoms with E-state index in [-0.39, 0.29) is 6.10 Å². The van der Waals surface area contributed by atoms with Crippen LogP contribution in [0.3, 0.4) is 0 Å². The predicted molar refractivity (Wildman–Crippen MR) is 80.1 cm³/mol. The zero-order chi connectivity index (χ0) is 13.9. The molecule has 1 unspecified atom stereocenters. The standard InChI is InChI=1S/C17H28O2/c1-3-4-5-6-7-8-12-17(18)16-11-9-10-15(13-16)14-19-2/h9-11,13,17-18H,3-8,12,14H2,1-2H3. The molecule has 0 aliphatic heterocycles. The molecule has 2 nitrogen and oxygen atoms in total. The van der Waals surface area contributed by atoms with Gasteiger partial charge in [0.15, 0.2) is 0 Å². The summed E-state index contributed by atoms with van der Waals surface area (Å²) >= 11 is 0. The lowest BCUT2D eigenvalue weighted by molar-refractivity contribution is 0.162. The Kier molecular flexibility index (Phi) is 8.52. The second-order valence-corrected chi connectivity index (χ2v) is 5.25. The Morgan fingerprint density at radius 1 is 1.11 bits per heavy atom. The van der Waals surface area contributed by atoms with Crippen LogP contribution in [0.2, 0.25) is 0 Å². The van der Waals surface area contributed by atoms with Crippen molar-refractivity contribution in [3.8, 4) is 0 Å². The Morgan fingerprint density at radius 3 is 2.58 bits per heavy atom. The number of hydrogen-bond donors (Lipinski definition) is 1. The molecule has 108 valence electrons. The van der Waals surface area contributed by atoms with E-state index in [4.69, 9.17) is 4.74 Å². The molecule has 0 saturated carbocycles. The van der Waals surface area contributed by atoms with E-state index >= 15 is 0 Å². The van der Waals surface area contributed by atoms with Crippen molar-refractivity contribution in [3.05, 3.63) is 35.4 Å². The Balaban J connectivity index is 2.28. The maximum atomic E-state index is 10.2. The van der Waals surface area contributed by atoms with Crippen molar-refractivity contribution in [1.29, 1.82) is 0 Å². The summed E-state index contributed by atoms with van der Waals surface area (Å²) in [6.07, 6.45) is 8.12. The number of aliphatic hydroxyl groups excluding tert-OH is 1. The monoisotopic (exact) mass is 264 g/mol. The van der Waals surface area contributed by atoms with E-state index in [2.05, 4.69) is 6.92 Å². The van der Waals surface area contributed by atoms with Crippen molar-refractivity contribution in [3.63, 3.8) is 0 Å². The van der Waals surface area contributed by atoms with Gasteiger partial charge < -0.3 is 9.84 Å². The van der Waals surface area contributed by atoms with Crippen LogP contribution in [0.5, 0.6) is 0 Å². The highest BCUT2D eigenvalue weighted by atomic mass is 16.5. The third-order valence-electron chi connectivity index (χ3n) is 3.48. The van der Waals surface area contributed by atoms with Crippen LogP contribution in [0.1, 0.15) is 69.1 Å². The maximum Gasteiger partial charge on any atom is 0.0790 e. The summed E-state index contributed by atoms with van der Waals surface area (Å²) < 4.78 is 5.12. The summed E-state index contributed by atoms with van der Waals surface area (Å²) in [5.41, 5.74) is 2.14. The van der Waals surface area contributed by atoms with Gasteiger partial charge in [0, 0.05) is 7.11 Å². The molecule has 0 aliphatic rings. The molecule has 1 aromatic rings. The van der Waals surface area contributed by atoms with Gasteiger partial charge in [-0.25, -0.2) is 0 Å². The van der Waals surface area contributed by atoms with E-state index in [9.17, 15) is 5.11 Å². The lowest BCUT2D eigenvalue weighted by atomic mass is 10.0. The Labute approximate surface area is 117 Å². The topological polar surface area (TPSA) is 29.5 Å². The van der Waals surface area contributed by atoms with Crippen molar-refractivity contribution in [2.75, 3.05) is 7.11 Å². The smallest absolute Gasteiger partial charge is 0.0790 e. The SMILES string of the molecule is CCCCCCCCC(O)c1cccc(COC)c1. The zero-order valence-corrected chi connectivity index (χ0v) is 12.4. The Bertz CT molecular complexity index is 336. The van der Waals surface area contributed by atoms with Crippen LogP contribution < -0.4 is 0 Å². The van der Waals surface area contributed by atoms with Crippen LogP contribution >= 0.6 is 0 Å². The number of benzene rings is 1. The molecule has 0 aliphatic carbocycles. The summed E-state index contributed by atoms with van der Waals surface area (Å²) in [6, 6.07) is 8.07. The van der Waals surface area contributed by atoms with Crippen molar-refractivity contribution >= 4 is 0 Å². The number of hydrogen-bond acceptors (Lipinski definition) is 2. The third kappa shape index (κ3) is 6.74. The van der Waals surface area contributed by atoms with Crippen LogP contribution in [0.4, 0.5) is 0 Å². The maximum absolute atomic E-state index is 10.2. The average molecular weight is 264 g/mol. The normalized spacial score (nSPS) is 12.6. The van der Waals surface area contributed by atoms with E-state index < -0.39 is 0 Å². The minimum Gasteiger partial charge on any atom is -0.388 e. The van der Waals surface area contributed by atoms with Crippen molar-refractivity contribution in [2.24, 2.45) is 0 Å². The zero-order valence-electron chi connectivity index (χ0n) is 12.4. The molecule has 0 aromatic heterocycles. The number of unbranched alkanes of at least 4 members (excludes halogenated alkanes) is 5. The third-order valence-corrected chi connectivity index (χ3v) is 3.48. The summed E-state index contributed by atoms with van der Waals surface area (Å²) in [7, 11) is 1.69.